The number of primary amides is 1. The van der Waals surface area contributed by atoms with E-state index in [0.717, 1.165) is 0 Å². The van der Waals surface area contributed by atoms with Gasteiger partial charge in [-0.3, -0.25) is 4.79 Å². The summed E-state index contributed by atoms with van der Waals surface area (Å²) in [6, 6.07) is 4.77. The number of methoxy groups -OCH3 is 1. The fourth-order valence-corrected chi connectivity index (χ4v) is 1.75. The Hall–Kier alpha value is -2.24. The predicted octanol–water partition coefficient (Wildman–Crippen LogP) is 1.12. The van der Waals surface area contributed by atoms with E-state index < -0.39 is 17.4 Å². The third-order valence-corrected chi connectivity index (χ3v) is 2.56. The first-order valence-corrected chi connectivity index (χ1v) is 5.79. The summed E-state index contributed by atoms with van der Waals surface area (Å²) in [7, 11) is 1.31. The molecule has 0 saturated heterocycles. The van der Waals surface area contributed by atoms with Gasteiger partial charge in [0.2, 0.25) is 5.91 Å². The van der Waals surface area contributed by atoms with Crippen LogP contribution in [0.2, 0.25) is 0 Å². The van der Waals surface area contributed by atoms with Gasteiger partial charge in [0.25, 0.3) is 0 Å². The van der Waals surface area contributed by atoms with Gasteiger partial charge in [-0.15, -0.1) is 0 Å². The fraction of sp³-hybridized carbons (Fsp3) is 0.385. The molecule has 5 N–H and O–H groups in total. The maximum atomic E-state index is 11.5. The Morgan fingerprint density at radius 1 is 1.37 bits per heavy atom. The minimum atomic E-state index is -0.561. The van der Waals surface area contributed by atoms with Gasteiger partial charge < -0.3 is 21.5 Å². The molecule has 1 amide bonds. The summed E-state index contributed by atoms with van der Waals surface area (Å²) in [5.74, 6) is -0.865. The van der Waals surface area contributed by atoms with Crippen LogP contribution in [0, 0.1) is 0 Å². The number of esters is 1. The molecule has 0 bridgehead atoms. The molecule has 0 aliphatic rings. The van der Waals surface area contributed by atoms with Crippen LogP contribution in [0.5, 0.6) is 0 Å². The van der Waals surface area contributed by atoms with Crippen molar-refractivity contribution in [1.29, 1.82) is 0 Å². The third kappa shape index (κ3) is 4.17. The summed E-state index contributed by atoms with van der Waals surface area (Å²) in [5.41, 5.74) is 11.9. The summed E-state index contributed by atoms with van der Waals surface area (Å²) in [6.07, 6.45) is 0.148. The molecule has 0 radical (unpaired) electrons. The van der Waals surface area contributed by atoms with Crippen LogP contribution in [0.3, 0.4) is 0 Å². The van der Waals surface area contributed by atoms with Gasteiger partial charge in [-0.1, -0.05) is 0 Å². The largest absolute Gasteiger partial charge is 0.465 e. The molecule has 0 aliphatic carbocycles. The summed E-state index contributed by atoms with van der Waals surface area (Å²) in [4.78, 5) is 22.4. The zero-order valence-electron chi connectivity index (χ0n) is 11.3. The van der Waals surface area contributed by atoms with Crippen molar-refractivity contribution >= 4 is 23.3 Å². The first-order chi connectivity index (χ1) is 8.75. The molecule has 6 heteroatoms. The Morgan fingerprint density at radius 2 is 2.00 bits per heavy atom. The SMILES string of the molecule is COC(=O)c1ccc(N)c(NC(C)(C)CC(N)=O)c1. The molecule has 0 aliphatic heterocycles. The number of anilines is 2. The number of ether oxygens (including phenoxy) is 1. The minimum absolute atomic E-state index is 0.148. The van der Waals surface area contributed by atoms with E-state index in [4.69, 9.17) is 11.5 Å². The number of carbonyl (C=O) groups is 2. The normalized spacial score (nSPS) is 10.9. The molecule has 1 aromatic carbocycles. The highest BCUT2D eigenvalue weighted by Crippen LogP contribution is 2.25. The molecule has 0 saturated carbocycles. The molecule has 0 aromatic heterocycles. The molecule has 0 spiro atoms. The van der Waals surface area contributed by atoms with Crippen LogP contribution in [0.1, 0.15) is 30.6 Å². The molecule has 0 atom stereocenters. The van der Waals surface area contributed by atoms with Crippen LogP contribution < -0.4 is 16.8 Å². The van der Waals surface area contributed by atoms with Crippen molar-refractivity contribution in [2.24, 2.45) is 5.73 Å². The van der Waals surface area contributed by atoms with Crippen LogP contribution in [0.4, 0.5) is 11.4 Å². The summed E-state index contributed by atoms with van der Waals surface area (Å²) in [6.45, 7) is 3.64. The second-order valence-corrected chi connectivity index (χ2v) is 4.95. The lowest BCUT2D eigenvalue weighted by Crippen LogP contribution is -2.36. The quantitative estimate of drug-likeness (QED) is 0.546. The monoisotopic (exact) mass is 265 g/mol. The number of hydrogen-bond donors (Lipinski definition) is 3. The lowest BCUT2D eigenvalue weighted by molar-refractivity contribution is -0.118. The predicted molar refractivity (Wildman–Crippen MR) is 73.7 cm³/mol. The van der Waals surface area contributed by atoms with Gasteiger partial charge in [-0.05, 0) is 32.0 Å². The van der Waals surface area contributed by atoms with Crippen LogP contribution in [0.25, 0.3) is 0 Å². The van der Waals surface area contributed by atoms with Gasteiger partial charge in [0, 0.05) is 12.0 Å². The number of nitrogens with one attached hydrogen (secondary N) is 1. The smallest absolute Gasteiger partial charge is 0.337 e. The highest BCUT2D eigenvalue weighted by atomic mass is 16.5. The Bertz CT molecular complexity index is 498. The summed E-state index contributed by atoms with van der Waals surface area (Å²) >= 11 is 0. The standard InChI is InChI=1S/C13H19N3O3/c1-13(2,7-11(15)17)16-10-6-8(12(18)19-3)4-5-9(10)14/h4-6,16H,7,14H2,1-3H3,(H2,15,17). The maximum Gasteiger partial charge on any atom is 0.337 e. The van der Waals surface area contributed by atoms with Crippen molar-refractivity contribution in [3.8, 4) is 0 Å². The van der Waals surface area contributed by atoms with E-state index in [-0.39, 0.29) is 6.42 Å². The molecule has 0 heterocycles. The maximum absolute atomic E-state index is 11.5. The van der Waals surface area contributed by atoms with Gasteiger partial charge in [0.15, 0.2) is 0 Å². The molecule has 1 aromatic rings. The van der Waals surface area contributed by atoms with Crippen molar-refractivity contribution in [3.05, 3.63) is 23.8 Å². The van der Waals surface area contributed by atoms with Gasteiger partial charge >= 0.3 is 5.97 Å². The van der Waals surface area contributed by atoms with Crippen LogP contribution in [-0.4, -0.2) is 24.5 Å². The van der Waals surface area contributed by atoms with E-state index >= 15 is 0 Å². The van der Waals surface area contributed by atoms with E-state index in [1.165, 1.54) is 7.11 Å². The Balaban J connectivity index is 3.00. The molecule has 0 unspecified atom stereocenters. The van der Waals surface area contributed by atoms with Crippen molar-refractivity contribution < 1.29 is 14.3 Å². The number of rotatable bonds is 5. The van der Waals surface area contributed by atoms with E-state index in [1.54, 1.807) is 18.2 Å². The number of amides is 1. The number of benzene rings is 1. The summed E-state index contributed by atoms with van der Waals surface area (Å²) in [5, 5.41) is 3.10. The highest BCUT2D eigenvalue weighted by Gasteiger charge is 2.21. The second-order valence-electron chi connectivity index (χ2n) is 4.95. The Kier molecular flexibility index (Phi) is 4.37. The molecule has 6 nitrogen and oxygen atoms in total. The minimum Gasteiger partial charge on any atom is -0.465 e. The van der Waals surface area contributed by atoms with Crippen molar-refractivity contribution in [3.63, 3.8) is 0 Å². The topological polar surface area (TPSA) is 107 Å². The fourth-order valence-electron chi connectivity index (χ4n) is 1.75. The number of nitrogen functional groups attached to an aromatic ring is 1. The first-order valence-electron chi connectivity index (χ1n) is 5.79. The van der Waals surface area contributed by atoms with Gasteiger partial charge in [-0.2, -0.15) is 0 Å². The second kappa shape index (κ2) is 5.60. The number of carbonyl (C=O) groups excluding carboxylic acids is 2. The van der Waals surface area contributed by atoms with Crippen molar-refractivity contribution in [1.82, 2.24) is 0 Å². The van der Waals surface area contributed by atoms with Crippen LogP contribution in [0.15, 0.2) is 18.2 Å². The van der Waals surface area contributed by atoms with E-state index in [1.807, 2.05) is 13.8 Å². The number of hydrogen-bond acceptors (Lipinski definition) is 5. The van der Waals surface area contributed by atoms with E-state index in [9.17, 15) is 9.59 Å². The average molecular weight is 265 g/mol. The van der Waals surface area contributed by atoms with Crippen molar-refractivity contribution in [2.75, 3.05) is 18.2 Å². The molecule has 104 valence electrons. The molecular formula is C13H19N3O3. The van der Waals surface area contributed by atoms with Crippen molar-refractivity contribution in [2.45, 2.75) is 25.8 Å². The number of nitrogens with two attached hydrogens (primary N) is 2. The summed E-state index contributed by atoms with van der Waals surface area (Å²) < 4.78 is 4.64. The Morgan fingerprint density at radius 3 is 2.53 bits per heavy atom. The average Bonchev–Trinajstić information content (AvgIpc) is 2.29. The van der Waals surface area contributed by atoms with Crippen LogP contribution in [-0.2, 0) is 9.53 Å². The third-order valence-electron chi connectivity index (χ3n) is 2.56. The highest BCUT2D eigenvalue weighted by molar-refractivity contribution is 5.92. The van der Waals surface area contributed by atoms with Gasteiger partial charge in [0.1, 0.15) is 0 Å². The zero-order chi connectivity index (χ0) is 14.6. The lowest BCUT2D eigenvalue weighted by Gasteiger charge is -2.27. The van der Waals surface area contributed by atoms with Crippen LogP contribution >= 0.6 is 0 Å². The van der Waals surface area contributed by atoms with E-state index in [2.05, 4.69) is 10.1 Å². The first kappa shape index (κ1) is 14.8. The molecule has 0 fully saturated rings. The van der Waals surface area contributed by atoms with Gasteiger partial charge in [-0.25, -0.2) is 4.79 Å². The zero-order valence-corrected chi connectivity index (χ0v) is 11.3. The molecular weight excluding hydrogens is 246 g/mol. The molecule has 1 rings (SSSR count). The lowest BCUT2D eigenvalue weighted by atomic mass is 9.99. The molecule has 19 heavy (non-hydrogen) atoms. The van der Waals surface area contributed by atoms with Gasteiger partial charge in [0.05, 0.1) is 24.0 Å². The van der Waals surface area contributed by atoms with E-state index in [0.29, 0.717) is 16.9 Å². The Labute approximate surface area is 112 Å².